The summed E-state index contributed by atoms with van der Waals surface area (Å²) in [7, 11) is 2.13. The van der Waals surface area contributed by atoms with Crippen molar-refractivity contribution in [2.75, 3.05) is 11.9 Å². The van der Waals surface area contributed by atoms with Gasteiger partial charge >= 0.3 is 0 Å². The molecule has 0 bridgehead atoms. The predicted octanol–water partition coefficient (Wildman–Crippen LogP) is 2.21. The molecule has 0 aliphatic heterocycles. The Morgan fingerprint density at radius 3 is 2.38 bits per heavy atom. The lowest BCUT2D eigenvalue weighted by atomic mass is 10.1. The van der Waals surface area contributed by atoms with Crippen molar-refractivity contribution in [3.8, 4) is 0 Å². The summed E-state index contributed by atoms with van der Waals surface area (Å²) in [6.07, 6.45) is 2.72. The van der Waals surface area contributed by atoms with Crippen molar-refractivity contribution < 1.29 is 0 Å². The van der Waals surface area contributed by atoms with Crippen LogP contribution in [-0.4, -0.2) is 18.9 Å². The van der Waals surface area contributed by atoms with E-state index in [2.05, 4.69) is 18.9 Å². The molecule has 3 nitrogen and oxygen atoms in total. The molecular formula is C13H19N3. The van der Waals surface area contributed by atoms with Gasteiger partial charge in [-0.25, -0.2) is 0 Å². The third-order valence-electron chi connectivity index (χ3n) is 3.50. The van der Waals surface area contributed by atoms with Gasteiger partial charge in [0.1, 0.15) is 5.84 Å². The highest BCUT2D eigenvalue weighted by atomic mass is 15.1. The van der Waals surface area contributed by atoms with Crippen LogP contribution in [0.5, 0.6) is 0 Å². The molecule has 86 valence electrons. The fourth-order valence-corrected chi connectivity index (χ4v) is 2.01. The summed E-state index contributed by atoms with van der Waals surface area (Å²) in [5.74, 6) is 0.988. The van der Waals surface area contributed by atoms with Gasteiger partial charge in [0.15, 0.2) is 0 Å². The van der Waals surface area contributed by atoms with Crippen LogP contribution in [-0.2, 0) is 0 Å². The highest BCUT2D eigenvalue weighted by molar-refractivity contribution is 5.95. The van der Waals surface area contributed by atoms with Crippen LogP contribution in [0.2, 0.25) is 0 Å². The number of hydrogen-bond donors (Lipinski definition) is 2. The zero-order chi connectivity index (χ0) is 11.7. The average molecular weight is 217 g/mol. The Hall–Kier alpha value is -1.51. The van der Waals surface area contributed by atoms with Crippen molar-refractivity contribution in [1.29, 1.82) is 5.41 Å². The zero-order valence-corrected chi connectivity index (χ0v) is 9.90. The Morgan fingerprint density at radius 2 is 1.94 bits per heavy atom. The number of rotatable bonds is 4. The predicted molar refractivity (Wildman–Crippen MR) is 68.0 cm³/mol. The Labute approximate surface area is 96.8 Å². The molecule has 1 aliphatic rings. The van der Waals surface area contributed by atoms with Crippen molar-refractivity contribution >= 4 is 11.5 Å². The van der Waals surface area contributed by atoms with Crippen molar-refractivity contribution in [2.45, 2.75) is 25.8 Å². The van der Waals surface area contributed by atoms with Gasteiger partial charge in [-0.2, -0.15) is 0 Å². The molecule has 16 heavy (non-hydrogen) atoms. The van der Waals surface area contributed by atoms with Gasteiger partial charge in [0.2, 0.25) is 0 Å². The first kappa shape index (κ1) is 11.0. The number of nitrogens with two attached hydrogens (primary N) is 1. The van der Waals surface area contributed by atoms with E-state index in [9.17, 15) is 0 Å². The van der Waals surface area contributed by atoms with E-state index in [-0.39, 0.29) is 5.84 Å². The number of benzene rings is 1. The summed E-state index contributed by atoms with van der Waals surface area (Å²) in [6.45, 7) is 2.27. The summed E-state index contributed by atoms with van der Waals surface area (Å²) < 4.78 is 0. The second kappa shape index (κ2) is 4.16. The zero-order valence-electron chi connectivity index (χ0n) is 9.90. The van der Waals surface area contributed by atoms with Crippen molar-refractivity contribution in [3.05, 3.63) is 29.8 Å². The molecule has 0 spiro atoms. The first-order valence-electron chi connectivity index (χ1n) is 5.77. The fraction of sp³-hybridized carbons (Fsp3) is 0.462. The van der Waals surface area contributed by atoms with Crippen LogP contribution in [0.3, 0.4) is 0 Å². The van der Waals surface area contributed by atoms with Gasteiger partial charge in [0.25, 0.3) is 0 Å². The second-order valence-corrected chi connectivity index (χ2v) is 4.65. The molecule has 1 saturated carbocycles. The molecule has 1 aliphatic carbocycles. The normalized spacial score (nSPS) is 16.9. The van der Waals surface area contributed by atoms with E-state index >= 15 is 0 Å². The molecule has 0 aromatic heterocycles. The summed E-state index contributed by atoms with van der Waals surface area (Å²) in [6, 6.07) is 8.50. The van der Waals surface area contributed by atoms with Gasteiger partial charge in [-0.3, -0.25) is 5.41 Å². The summed E-state index contributed by atoms with van der Waals surface area (Å²) >= 11 is 0. The summed E-state index contributed by atoms with van der Waals surface area (Å²) in [4.78, 5) is 2.31. The molecule has 0 amide bonds. The van der Waals surface area contributed by atoms with Crippen LogP contribution in [0.4, 0.5) is 5.69 Å². The number of nitrogens with zero attached hydrogens (tertiary/aromatic N) is 1. The lowest BCUT2D eigenvalue weighted by Crippen LogP contribution is -2.30. The van der Waals surface area contributed by atoms with Gasteiger partial charge in [0, 0.05) is 24.3 Å². The van der Waals surface area contributed by atoms with Gasteiger partial charge in [-0.1, -0.05) is 0 Å². The molecule has 0 saturated heterocycles. The Bertz CT molecular complexity index is 379. The largest absolute Gasteiger partial charge is 0.384 e. The topological polar surface area (TPSA) is 53.1 Å². The summed E-state index contributed by atoms with van der Waals surface area (Å²) in [5.41, 5.74) is 7.41. The van der Waals surface area contributed by atoms with E-state index < -0.39 is 0 Å². The molecule has 1 aromatic rings. The average Bonchev–Trinajstić information content (AvgIpc) is 3.11. The van der Waals surface area contributed by atoms with E-state index in [4.69, 9.17) is 11.1 Å². The SMILES string of the molecule is CC(C1CC1)N(C)c1ccc(C(=N)N)cc1. The van der Waals surface area contributed by atoms with E-state index in [1.807, 2.05) is 24.3 Å². The van der Waals surface area contributed by atoms with E-state index in [1.165, 1.54) is 18.5 Å². The molecule has 1 aromatic carbocycles. The molecule has 3 heteroatoms. The lowest BCUT2D eigenvalue weighted by molar-refractivity contribution is 0.609. The van der Waals surface area contributed by atoms with E-state index in [0.29, 0.717) is 6.04 Å². The smallest absolute Gasteiger partial charge is 0.122 e. The van der Waals surface area contributed by atoms with Crippen LogP contribution in [0.1, 0.15) is 25.3 Å². The van der Waals surface area contributed by atoms with E-state index in [1.54, 1.807) is 0 Å². The number of nitrogen functional groups attached to an aromatic ring is 1. The molecule has 0 heterocycles. The lowest BCUT2D eigenvalue weighted by Gasteiger charge is -2.27. The standard InChI is InChI=1S/C13H19N3/c1-9(10-3-4-10)16(2)12-7-5-11(6-8-12)13(14)15/h5-10H,3-4H2,1-2H3,(H3,14,15). The van der Waals surface area contributed by atoms with Crippen LogP contribution in [0.15, 0.2) is 24.3 Å². The molecular weight excluding hydrogens is 198 g/mol. The van der Waals surface area contributed by atoms with Crippen molar-refractivity contribution in [2.24, 2.45) is 11.7 Å². The number of amidine groups is 1. The molecule has 3 N–H and O–H groups in total. The molecule has 1 fully saturated rings. The van der Waals surface area contributed by atoms with Gasteiger partial charge < -0.3 is 10.6 Å². The highest BCUT2D eigenvalue weighted by Crippen LogP contribution is 2.36. The summed E-state index contributed by atoms with van der Waals surface area (Å²) in [5, 5.41) is 7.34. The molecule has 1 unspecified atom stereocenters. The Balaban J connectivity index is 2.11. The fourth-order valence-electron chi connectivity index (χ4n) is 2.01. The van der Waals surface area contributed by atoms with Crippen LogP contribution >= 0.6 is 0 Å². The maximum absolute atomic E-state index is 7.34. The molecule has 0 radical (unpaired) electrons. The monoisotopic (exact) mass is 217 g/mol. The second-order valence-electron chi connectivity index (χ2n) is 4.65. The maximum Gasteiger partial charge on any atom is 0.122 e. The molecule has 1 atom stereocenters. The Morgan fingerprint density at radius 1 is 1.38 bits per heavy atom. The maximum atomic E-state index is 7.34. The van der Waals surface area contributed by atoms with Gasteiger partial charge in [-0.15, -0.1) is 0 Å². The van der Waals surface area contributed by atoms with Crippen LogP contribution in [0.25, 0.3) is 0 Å². The van der Waals surface area contributed by atoms with Crippen LogP contribution < -0.4 is 10.6 Å². The Kier molecular flexibility index (Phi) is 2.86. The van der Waals surface area contributed by atoms with Crippen LogP contribution in [0, 0.1) is 11.3 Å². The van der Waals surface area contributed by atoms with Crippen molar-refractivity contribution in [1.82, 2.24) is 0 Å². The number of hydrogen-bond acceptors (Lipinski definition) is 2. The first-order chi connectivity index (χ1) is 7.59. The highest BCUT2D eigenvalue weighted by Gasteiger charge is 2.30. The van der Waals surface area contributed by atoms with Crippen molar-refractivity contribution in [3.63, 3.8) is 0 Å². The van der Waals surface area contributed by atoms with Gasteiger partial charge in [0.05, 0.1) is 0 Å². The quantitative estimate of drug-likeness (QED) is 0.600. The number of anilines is 1. The third kappa shape index (κ3) is 2.18. The minimum absolute atomic E-state index is 0.129. The minimum atomic E-state index is 0.129. The number of nitrogens with one attached hydrogen (secondary N) is 1. The van der Waals surface area contributed by atoms with Gasteiger partial charge in [-0.05, 0) is 49.9 Å². The molecule has 2 rings (SSSR count). The minimum Gasteiger partial charge on any atom is -0.384 e. The first-order valence-corrected chi connectivity index (χ1v) is 5.77. The third-order valence-corrected chi connectivity index (χ3v) is 3.50. The van der Waals surface area contributed by atoms with E-state index in [0.717, 1.165) is 11.5 Å².